The molecule has 1 aromatic carbocycles. The highest BCUT2D eigenvalue weighted by Gasteiger charge is 2.34. The molecule has 8 nitrogen and oxygen atoms in total. The van der Waals surface area contributed by atoms with Gasteiger partial charge in [-0.3, -0.25) is 4.79 Å². The molecular formula is C17H23N5O3S2. The van der Waals surface area contributed by atoms with Crippen molar-refractivity contribution in [2.24, 2.45) is 0 Å². The second-order valence-corrected chi connectivity index (χ2v) is 10.4. The molecule has 10 heteroatoms. The second kappa shape index (κ2) is 7.59. The summed E-state index contributed by atoms with van der Waals surface area (Å²) in [6.07, 6.45) is 0.488. The number of nitrogens with zero attached hydrogens (tertiary/aromatic N) is 5. The summed E-state index contributed by atoms with van der Waals surface area (Å²) in [6, 6.07) is 5.67. The van der Waals surface area contributed by atoms with E-state index in [4.69, 9.17) is 0 Å². The van der Waals surface area contributed by atoms with Gasteiger partial charge in [-0.05, 0) is 60.9 Å². The zero-order chi connectivity index (χ0) is 19.8. The molecule has 0 saturated carbocycles. The summed E-state index contributed by atoms with van der Waals surface area (Å²) < 4.78 is 25.0. The number of tetrazole rings is 1. The first-order valence-corrected chi connectivity index (χ1v) is 11.4. The number of rotatable bonds is 5. The van der Waals surface area contributed by atoms with Gasteiger partial charge in [0, 0.05) is 13.1 Å². The number of hydrogen-bond acceptors (Lipinski definition) is 7. The molecule has 0 spiro atoms. The molecule has 1 aliphatic rings. The minimum Gasteiger partial charge on any atom is -0.341 e. The highest BCUT2D eigenvalue weighted by molar-refractivity contribution is 8.00. The van der Waals surface area contributed by atoms with Gasteiger partial charge in [0.1, 0.15) is 0 Å². The van der Waals surface area contributed by atoms with Gasteiger partial charge in [-0.25, -0.2) is 8.42 Å². The number of thioether (sulfide) groups is 1. The number of carbonyl (C=O) groups is 1. The standard InChI is InChI=1S/C17H23N5O3S2/c1-11-5-6-14(9-12(11)2)22-17(18-19-20-22)26-13(3)16(23)21(4)15-7-8-27(24,25)10-15/h5-6,9,13,15H,7-8,10H2,1-4H3/t13-,15+/m0/s1. The van der Waals surface area contributed by atoms with Crippen LogP contribution in [0.15, 0.2) is 23.4 Å². The fourth-order valence-corrected chi connectivity index (χ4v) is 5.71. The van der Waals surface area contributed by atoms with Crippen molar-refractivity contribution in [3.63, 3.8) is 0 Å². The second-order valence-electron chi connectivity index (χ2n) is 6.91. The zero-order valence-electron chi connectivity index (χ0n) is 15.8. The van der Waals surface area contributed by atoms with Crippen LogP contribution in [-0.4, -0.2) is 69.3 Å². The molecule has 2 heterocycles. The quantitative estimate of drug-likeness (QED) is 0.689. The molecule has 27 heavy (non-hydrogen) atoms. The van der Waals surface area contributed by atoms with E-state index in [0.29, 0.717) is 11.6 Å². The predicted molar refractivity (Wildman–Crippen MR) is 104 cm³/mol. The van der Waals surface area contributed by atoms with Crippen molar-refractivity contribution in [3.05, 3.63) is 29.3 Å². The highest BCUT2D eigenvalue weighted by atomic mass is 32.2. The first kappa shape index (κ1) is 19.8. The number of aryl methyl sites for hydroxylation is 2. The summed E-state index contributed by atoms with van der Waals surface area (Å²) in [6.45, 7) is 5.84. The van der Waals surface area contributed by atoms with E-state index in [9.17, 15) is 13.2 Å². The molecule has 0 unspecified atom stereocenters. The Bertz CT molecular complexity index is 957. The molecule has 0 radical (unpaired) electrons. The van der Waals surface area contributed by atoms with E-state index in [1.54, 1.807) is 23.6 Å². The monoisotopic (exact) mass is 409 g/mol. The maximum absolute atomic E-state index is 12.7. The van der Waals surface area contributed by atoms with Crippen LogP contribution in [0, 0.1) is 13.8 Å². The topological polar surface area (TPSA) is 98.1 Å². The SMILES string of the molecule is Cc1ccc(-n2nnnc2S[C@@H](C)C(=O)N(C)[C@@H]2CCS(=O)(=O)C2)cc1C. The molecule has 0 aliphatic carbocycles. The molecule has 2 aromatic rings. The van der Waals surface area contributed by atoms with Crippen LogP contribution >= 0.6 is 11.8 Å². The van der Waals surface area contributed by atoms with Crippen molar-refractivity contribution in [2.45, 2.75) is 43.6 Å². The smallest absolute Gasteiger partial charge is 0.235 e. The van der Waals surface area contributed by atoms with Crippen LogP contribution < -0.4 is 0 Å². The van der Waals surface area contributed by atoms with Crippen molar-refractivity contribution in [1.29, 1.82) is 0 Å². The Morgan fingerprint density at radius 3 is 2.70 bits per heavy atom. The number of aromatic nitrogens is 4. The third-order valence-corrected chi connectivity index (χ3v) is 7.68. The van der Waals surface area contributed by atoms with Gasteiger partial charge in [-0.2, -0.15) is 4.68 Å². The van der Waals surface area contributed by atoms with Gasteiger partial charge in [-0.1, -0.05) is 17.8 Å². The average molecular weight is 410 g/mol. The van der Waals surface area contributed by atoms with Gasteiger partial charge >= 0.3 is 0 Å². The van der Waals surface area contributed by atoms with E-state index in [0.717, 1.165) is 11.3 Å². The maximum atomic E-state index is 12.7. The molecule has 3 rings (SSSR count). The van der Waals surface area contributed by atoms with Gasteiger partial charge < -0.3 is 4.90 Å². The molecule has 1 fully saturated rings. The predicted octanol–water partition coefficient (Wildman–Crippen LogP) is 1.41. The molecule has 2 atom stereocenters. The van der Waals surface area contributed by atoms with Crippen LogP contribution in [0.5, 0.6) is 0 Å². The number of benzene rings is 1. The lowest BCUT2D eigenvalue weighted by Crippen LogP contribution is -2.41. The van der Waals surface area contributed by atoms with Gasteiger partial charge in [-0.15, -0.1) is 5.10 Å². The van der Waals surface area contributed by atoms with E-state index in [1.807, 2.05) is 32.0 Å². The van der Waals surface area contributed by atoms with Gasteiger partial charge in [0.25, 0.3) is 0 Å². The minimum atomic E-state index is -3.04. The van der Waals surface area contributed by atoms with Crippen molar-refractivity contribution in [1.82, 2.24) is 25.1 Å². The van der Waals surface area contributed by atoms with Crippen LogP contribution in [-0.2, 0) is 14.6 Å². The van der Waals surface area contributed by atoms with E-state index in [-0.39, 0.29) is 23.5 Å². The summed E-state index contributed by atoms with van der Waals surface area (Å²) in [7, 11) is -1.37. The first-order chi connectivity index (χ1) is 12.7. The number of carbonyl (C=O) groups excluding carboxylic acids is 1. The van der Waals surface area contributed by atoms with Crippen LogP contribution in [0.3, 0.4) is 0 Å². The molecule has 1 saturated heterocycles. The van der Waals surface area contributed by atoms with Gasteiger partial charge in [0.15, 0.2) is 9.84 Å². The first-order valence-electron chi connectivity index (χ1n) is 8.68. The molecule has 0 bridgehead atoms. The van der Waals surface area contributed by atoms with E-state index in [2.05, 4.69) is 15.5 Å². The van der Waals surface area contributed by atoms with Gasteiger partial charge in [0.2, 0.25) is 11.1 Å². The van der Waals surface area contributed by atoms with Crippen LogP contribution in [0.2, 0.25) is 0 Å². The van der Waals surface area contributed by atoms with Crippen molar-refractivity contribution >= 4 is 27.5 Å². The molecule has 1 amide bonds. The third kappa shape index (κ3) is 4.32. The fraction of sp³-hybridized carbons (Fsp3) is 0.529. The van der Waals surface area contributed by atoms with Crippen LogP contribution in [0.4, 0.5) is 0 Å². The normalized spacial score (nSPS) is 19.8. The molecule has 146 valence electrons. The lowest BCUT2D eigenvalue weighted by molar-refractivity contribution is -0.130. The maximum Gasteiger partial charge on any atom is 0.235 e. The van der Waals surface area contributed by atoms with Crippen molar-refractivity contribution in [3.8, 4) is 5.69 Å². The minimum absolute atomic E-state index is 0.0347. The Hall–Kier alpha value is -1.94. The fourth-order valence-electron chi connectivity index (χ4n) is 3.03. The van der Waals surface area contributed by atoms with Gasteiger partial charge in [0.05, 0.1) is 22.4 Å². The number of amides is 1. The lowest BCUT2D eigenvalue weighted by Gasteiger charge is -2.26. The Morgan fingerprint density at radius 1 is 1.33 bits per heavy atom. The summed E-state index contributed by atoms with van der Waals surface area (Å²) in [4.78, 5) is 14.3. The van der Waals surface area contributed by atoms with Crippen LogP contribution in [0.25, 0.3) is 5.69 Å². The molecule has 1 aromatic heterocycles. The Morgan fingerprint density at radius 2 is 2.07 bits per heavy atom. The van der Waals surface area contributed by atoms with E-state index >= 15 is 0 Å². The lowest BCUT2D eigenvalue weighted by atomic mass is 10.1. The number of hydrogen-bond donors (Lipinski definition) is 0. The molecular weight excluding hydrogens is 386 g/mol. The van der Waals surface area contributed by atoms with Crippen LogP contribution in [0.1, 0.15) is 24.5 Å². The average Bonchev–Trinajstić information content (AvgIpc) is 3.22. The van der Waals surface area contributed by atoms with E-state index < -0.39 is 15.1 Å². The summed E-state index contributed by atoms with van der Waals surface area (Å²) >= 11 is 1.26. The Balaban J connectivity index is 1.73. The summed E-state index contributed by atoms with van der Waals surface area (Å²) in [5.41, 5.74) is 3.14. The molecule has 1 aliphatic heterocycles. The van der Waals surface area contributed by atoms with Crippen molar-refractivity contribution < 1.29 is 13.2 Å². The zero-order valence-corrected chi connectivity index (χ0v) is 17.4. The largest absolute Gasteiger partial charge is 0.341 e. The summed E-state index contributed by atoms with van der Waals surface area (Å²) in [5, 5.41) is 11.9. The van der Waals surface area contributed by atoms with Crippen molar-refractivity contribution in [2.75, 3.05) is 18.6 Å². The van der Waals surface area contributed by atoms with E-state index in [1.165, 1.54) is 17.3 Å². The third-order valence-electron chi connectivity index (χ3n) is 4.91. The molecule has 0 N–H and O–H groups in total. The highest BCUT2D eigenvalue weighted by Crippen LogP contribution is 2.26. The Labute approximate surface area is 163 Å². The Kier molecular flexibility index (Phi) is 5.57. The summed E-state index contributed by atoms with van der Waals surface area (Å²) in [5.74, 6) is 0.0474. The number of sulfone groups is 1.